The number of carbonyl (C=O) groups excluding carboxylic acids is 1. The van der Waals surface area contributed by atoms with Crippen molar-refractivity contribution in [2.75, 3.05) is 18.0 Å². The third kappa shape index (κ3) is 5.26. The van der Waals surface area contributed by atoms with Gasteiger partial charge in [0.1, 0.15) is 5.82 Å². The summed E-state index contributed by atoms with van der Waals surface area (Å²) in [7, 11) is 0. The van der Waals surface area contributed by atoms with Crippen LogP contribution in [0.2, 0.25) is 5.02 Å². The second kappa shape index (κ2) is 10.3. The minimum atomic E-state index is -0.503. The lowest BCUT2D eigenvalue weighted by Gasteiger charge is -2.49. The summed E-state index contributed by atoms with van der Waals surface area (Å²) in [5.41, 5.74) is 3.54. The maximum Gasteiger partial charge on any atom is 0.290 e. The Morgan fingerprint density at radius 1 is 1.25 bits per heavy atom. The molecule has 4 rings (SSSR count). The Bertz CT molecular complexity index is 1030. The number of aromatic nitrogens is 3. The number of anilines is 1. The molecule has 1 aromatic carbocycles. The van der Waals surface area contributed by atoms with Gasteiger partial charge in [-0.1, -0.05) is 29.8 Å². The van der Waals surface area contributed by atoms with Crippen molar-refractivity contribution in [2.24, 2.45) is 5.41 Å². The van der Waals surface area contributed by atoms with Gasteiger partial charge in [0.25, 0.3) is 6.47 Å². The minimum Gasteiger partial charge on any atom is -0.483 e. The molecule has 3 heterocycles. The molecule has 0 bridgehead atoms. The summed E-state index contributed by atoms with van der Waals surface area (Å²) in [6.45, 7) is 5.39. The fourth-order valence-electron chi connectivity index (χ4n) is 3.91. The minimum absolute atomic E-state index is 0.0552. The summed E-state index contributed by atoms with van der Waals surface area (Å²) in [5, 5.41) is 17.9. The van der Waals surface area contributed by atoms with Crippen LogP contribution in [0, 0.1) is 19.3 Å². The number of nitrogens with zero attached hydrogens (tertiary/aromatic N) is 3. The Balaban J connectivity index is 0.000000913. The van der Waals surface area contributed by atoms with E-state index in [9.17, 15) is 4.79 Å². The van der Waals surface area contributed by atoms with Gasteiger partial charge in [-0.15, -0.1) is 0 Å². The van der Waals surface area contributed by atoms with Crippen LogP contribution in [0.1, 0.15) is 22.5 Å². The molecular weight excluding hydrogens is 430 g/mol. The molecule has 32 heavy (non-hydrogen) atoms. The Morgan fingerprint density at radius 3 is 2.50 bits per heavy atom. The van der Waals surface area contributed by atoms with Gasteiger partial charge in [0.2, 0.25) is 5.91 Å². The first-order valence-electron chi connectivity index (χ1n) is 10.2. The van der Waals surface area contributed by atoms with Crippen molar-refractivity contribution in [3.63, 3.8) is 0 Å². The van der Waals surface area contributed by atoms with Gasteiger partial charge in [-0.2, -0.15) is 5.10 Å². The van der Waals surface area contributed by atoms with Gasteiger partial charge >= 0.3 is 0 Å². The molecule has 0 aliphatic carbocycles. The van der Waals surface area contributed by atoms with E-state index in [1.54, 1.807) is 6.20 Å². The molecule has 3 aromatic rings. The number of aromatic amines is 1. The standard InChI is InChI=1S/C22H24ClN5O.CH2O2/c1-15-19(16(2)27-26-15)12-25-21(29)22(11-17-6-8-18(23)9-7-17)13-28(14-22)20-5-3-4-10-24-20;2-1-3/h3-10H,11-14H2,1-2H3,(H,25,29)(H,26,27);1H,(H,2,3). The van der Waals surface area contributed by atoms with Gasteiger partial charge in [0.15, 0.2) is 0 Å². The fourth-order valence-corrected chi connectivity index (χ4v) is 4.03. The molecule has 8 nitrogen and oxygen atoms in total. The molecule has 1 fully saturated rings. The first kappa shape index (κ1) is 23.3. The number of aryl methyl sites for hydroxylation is 2. The van der Waals surface area contributed by atoms with Crippen LogP contribution < -0.4 is 10.2 Å². The summed E-state index contributed by atoms with van der Waals surface area (Å²) in [6, 6.07) is 13.6. The summed E-state index contributed by atoms with van der Waals surface area (Å²) < 4.78 is 0. The Kier molecular flexibility index (Phi) is 7.48. The molecule has 3 N–H and O–H groups in total. The quantitative estimate of drug-likeness (QED) is 0.492. The molecule has 1 amide bonds. The second-order valence-electron chi connectivity index (χ2n) is 7.83. The van der Waals surface area contributed by atoms with Crippen LogP contribution in [-0.2, 0) is 22.6 Å². The van der Waals surface area contributed by atoms with Crippen LogP contribution in [0.4, 0.5) is 5.82 Å². The molecule has 1 aliphatic rings. The highest BCUT2D eigenvalue weighted by Crippen LogP contribution is 2.37. The highest BCUT2D eigenvalue weighted by atomic mass is 35.5. The van der Waals surface area contributed by atoms with E-state index >= 15 is 0 Å². The normalized spacial score (nSPS) is 14.0. The molecule has 1 aliphatic heterocycles. The lowest BCUT2D eigenvalue weighted by Crippen LogP contribution is -2.64. The first-order chi connectivity index (χ1) is 15.4. The van der Waals surface area contributed by atoms with E-state index in [1.165, 1.54) is 0 Å². The van der Waals surface area contributed by atoms with E-state index < -0.39 is 5.41 Å². The third-order valence-electron chi connectivity index (χ3n) is 5.60. The van der Waals surface area contributed by atoms with E-state index in [-0.39, 0.29) is 12.4 Å². The number of hydrogen-bond donors (Lipinski definition) is 3. The maximum atomic E-state index is 13.3. The van der Waals surface area contributed by atoms with Gasteiger partial charge < -0.3 is 15.3 Å². The van der Waals surface area contributed by atoms with Gasteiger partial charge in [0, 0.05) is 42.1 Å². The van der Waals surface area contributed by atoms with Crippen molar-refractivity contribution in [1.29, 1.82) is 0 Å². The number of carboxylic acid groups (broad SMARTS) is 1. The fraction of sp³-hybridized carbons (Fsp3) is 0.304. The largest absolute Gasteiger partial charge is 0.483 e. The number of pyridine rings is 1. The van der Waals surface area contributed by atoms with E-state index in [0.29, 0.717) is 31.1 Å². The topological polar surface area (TPSA) is 111 Å². The van der Waals surface area contributed by atoms with Crippen LogP contribution >= 0.6 is 11.6 Å². The second-order valence-corrected chi connectivity index (χ2v) is 8.26. The average molecular weight is 456 g/mol. The Morgan fingerprint density at radius 2 is 1.94 bits per heavy atom. The maximum absolute atomic E-state index is 13.3. The molecule has 168 valence electrons. The van der Waals surface area contributed by atoms with Gasteiger partial charge in [0.05, 0.1) is 11.1 Å². The molecule has 0 radical (unpaired) electrons. The zero-order chi connectivity index (χ0) is 23.1. The van der Waals surface area contributed by atoms with Gasteiger partial charge in [-0.05, 0) is 50.1 Å². The summed E-state index contributed by atoms with van der Waals surface area (Å²) in [5.74, 6) is 0.952. The Labute approximate surface area is 191 Å². The van der Waals surface area contributed by atoms with Crippen LogP contribution in [0.25, 0.3) is 0 Å². The van der Waals surface area contributed by atoms with Crippen LogP contribution in [0.5, 0.6) is 0 Å². The average Bonchev–Trinajstić information content (AvgIpc) is 3.08. The molecule has 0 spiro atoms. The number of halogens is 1. The van der Waals surface area contributed by atoms with E-state index in [0.717, 1.165) is 28.3 Å². The number of carbonyl (C=O) groups is 2. The Hall–Kier alpha value is -3.39. The van der Waals surface area contributed by atoms with Crippen LogP contribution in [0.15, 0.2) is 48.7 Å². The third-order valence-corrected chi connectivity index (χ3v) is 5.86. The number of hydrogen-bond acceptors (Lipinski definition) is 5. The van der Waals surface area contributed by atoms with Crippen molar-refractivity contribution in [3.8, 4) is 0 Å². The number of benzene rings is 1. The van der Waals surface area contributed by atoms with E-state index in [1.807, 2.05) is 56.3 Å². The van der Waals surface area contributed by atoms with Crippen LogP contribution in [-0.4, -0.2) is 45.8 Å². The first-order valence-corrected chi connectivity index (χ1v) is 10.5. The van der Waals surface area contributed by atoms with E-state index in [4.69, 9.17) is 21.5 Å². The predicted molar refractivity (Wildman–Crippen MR) is 123 cm³/mol. The summed E-state index contributed by atoms with van der Waals surface area (Å²) >= 11 is 6.03. The van der Waals surface area contributed by atoms with Gasteiger partial charge in [-0.25, -0.2) is 4.98 Å². The van der Waals surface area contributed by atoms with E-state index in [2.05, 4.69) is 25.4 Å². The lowest BCUT2D eigenvalue weighted by molar-refractivity contribution is -0.132. The highest BCUT2D eigenvalue weighted by Gasteiger charge is 2.49. The number of rotatable bonds is 6. The molecule has 0 unspecified atom stereocenters. The predicted octanol–water partition coefficient (Wildman–Crippen LogP) is 3.14. The van der Waals surface area contributed by atoms with Crippen molar-refractivity contribution < 1.29 is 14.7 Å². The smallest absolute Gasteiger partial charge is 0.290 e. The number of H-pyrrole nitrogens is 1. The molecule has 9 heteroatoms. The summed E-state index contributed by atoms with van der Waals surface area (Å²) in [4.78, 5) is 28.2. The highest BCUT2D eigenvalue weighted by molar-refractivity contribution is 6.30. The lowest BCUT2D eigenvalue weighted by atomic mass is 9.73. The van der Waals surface area contributed by atoms with Crippen molar-refractivity contribution in [3.05, 3.63) is 76.2 Å². The van der Waals surface area contributed by atoms with Gasteiger partial charge in [-0.3, -0.25) is 14.7 Å². The SMILES string of the molecule is Cc1n[nH]c(C)c1CNC(=O)C1(Cc2ccc(Cl)cc2)CN(c2ccccn2)C1.O=CO. The molecule has 0 atom stereocenters. The molecule has 0 saturated carbocycles. The molecule has 1 saturated heterocycles. The van der Waals surface area contributed by atoms with Crippen molar-refractivity contribution in [1.82, 2.24) is 20.5 Å². The molecule has 2 aromatic heterocycles. The monoisotopic (exact) mass is 455 g/mol. The number of nitrogens with one attached hydrogen (secondary N) is 2. The molecular formula is C23H26ClN5O3. The zero-order valence-electron chi connectivity index (χ0n) is 18.0. The van der Waals surface area contributed by atoms with Crippen LogP contribution in [0.3, 0.4) is 0 Å². The zero-order valence-corrected chi connectivity index (χ0v) is 18.8. The van der Waals surface area contributed by atoms with Crippen molar-refractivity contribution in [2.45, 2.75) is 26.8 Å². The summed E-state index contributed by atoms with van der Waals surface area (Å²) in [6.07, 6.45) is 2.43. The van der Waals surface area contributed by atoms with Crippen molar-refractivity contribution >= 4 is 29.8 Å². The number of amides is 1.